The molecule has 9 heteroatoms. The summed E-state index contributed by atoms with van der Waals surface area (Å²) in [6.07, 6.45) is 2.80. The number of hydrazone groups is 1. The molecule has 1 aromatic carbocycles. The average molecular weight is 362 g/mol. The third-order valence-electron chi connectivity index (χ3n) is 3.60. The Morgan fingerprint density at radius 1 is 1.32 bits per heavy atom. The predicted octanol–water partition coefficient (Wildman–Crippen LogP) is 1.31. The van der Waals surface area contributed by atoms with Crippen molar-refractivity contribution >= 4 is 34.5 Å². The maximum Gasteiger partial charge on any atom is 0.316 e. The number of ether oxygens (including phenoxy) is 2. The molecular formula is C16H18N4O4S. The topological polar surface area (TPSA) is 83.5 Å². The van der Waals surface area contributed by atoms with Gasteiger partial charge in [-0.15, -0.1) is 0 Å². The minimum absolute atomic E-state index is 0.130. The van der Waals surface area contributed by atoms with E-state index in [1.807, 2.05) is 31.2 Å². The molecule has 0 spiro atoms. The van der Waals surface area contributed by atoms with Gasteiger partial charge in [0.15, 0.2) is 5.17 Å². The Kier molecular flexibility index (Phi) is 5.13. The lowest BCUT2D eigenvalue weighted by Gasteiger charge is -2.31. The standard InChI is InChI=1S/C16H18N4O4S/c1-3-24-12-6-4-11(5-7-12)19-8-9-20-14(15(19)22)17-18-16(20)25-10-13(21)23-2/h4-9,14,17H,3,10H2,1-2H3. The summed E-state index contributed by atoms with van der Waals surface area (Å²) >= 11 is 1.21. The van der Waals surface area contributed by atoms with Crippen molar-refractivity contribution in [1.82, 2.24) is 10.3 Å². The Labute approximate surface area is 149 Å². The highest BCUT2D eigenvalue weighted by Crippen LogP contribution is 2.27. The van der Waals surface area contributed by atoms with Crippen LogP contribution in [0, 0.1) is 0 Å². The van der Waals surface area contributed by atoms with E-state index in [0.29, 0.717) is 11.8 Å². The number of benzene rings is 1. The van der Waals surface area contributed by atoms with Crippen LogP contribution in [-0.2, 0) is 14.3 Å². The molecule has 2 aliphatic heterocycles. The SMILES string of the molecule is CCOc1ccc(N2C=CN3C(SCC(=O)OC)=NNC3C2=O)cc1. The van der Waals surface area contributed by atoms with Gasteiger partial charge in [0.05, 0.1) is 19.5 Å². The van der Waals surface area contributed by atoms with E-state index in [4.69, 9.17) is 4.74 Å². The summed E-state index contributed by atoms with van der Waals surface area (Å²) in [5.41, 5.74) is 3.54. The van der Waals surface area contributed by atoms with E-state index in [2.05, 4.69) is 15.3 Å². The smallest absolute Gasteiger partial charge is 0.316 e. The lowest BCUT2D eigenvalue weighted by molar-refractivity contribution is -0.137. The number of amidine groups is 1. The fourth-order valence-corrected chi connectivity index (χ4v) is 3.18. The first-order valence-electron chi connectivity index (χ1n) is 7.69. The highest BCUT2D eigenvalue weighted by Gasteiger charge is 2.38. The maximum absolute atomic E-state index is 12.7. The molecule has 1 atom stereocenters. The van der Waals surface area contributed by atoms with Crippen LogP contribution in [0.5, 0.6) is 5.75 Å². The van der Waals surface area contributed by atoms with Crippen molar-refractivity contribution in [3.63, 3.8) is 0 Å². The molecule has 2 heterocycles. The number of nitrogens with zero attached hydrogens (tertiary/aromatic N) is 3. The van der Waals surface area contributed by atoms with Crippen LogP contribution in [0.2, 0.25) is 0 Å². The van der Waals surface area contributed by atoms with Crippen LogP contribution in [0.4, 0.5) is 5.69 Å². The van der Waals surface area contributed by atoms with Crippen LogP contribution in [0.15, 0.2) is 41.8 Å². The van der Waals surface area contributed by atoms with E-state index < -0.39 is 6.17 Å². The van der Waals surface area contributed by atoms with Gasteiger partial charge in [0, 0.05) is 18.1 Å². The largest absolute Gasteiger partial charge is 0.494 e. The number of carbonyl (C=O) groups excluding carboxylic acids is 2. The average Bonchev–Trinajstić information content (AvgIpc) is 3.05. The van der Waals surface area contributed by atoms with Crippen molar-refractivity contribution in [2.75, 3.05) is 24.4 Å². The molecule has 1 aromatic rings. The summed E-state index contributed by atoms with van der Waals surface area (Å²) in [4.78, 5) is 27.2. The summed E-state index contributed by atoms with van der Waals surface area (Å²) in [6.45, 7) is 2.51. The Balaban J connectivity index is 1.70. The first-order valence-corrected chi connectivity index (χ1v) is 8.68. The minimum atomic E-state index is -0.628. The monoisotopic (exact) mass is 362 g/mol. The van der Waals surface area contributed by atoms with Crippen molar-refractivity contribution in [3.8, 4) is 5.75 Å². The van der Waals surface area contributed by atoms with Crippen molar-refractivity contribution in [2.24, 2.45) is 5.10 Å². The van der Waals surface area contributed by atoms with E-state index >= 15 is 0 Å². The molecule has 0 aliphatic carbocycles. The summed E-state index contributed by atoms with van der Waals surface area (Å²) in [5, 5.41) is 4.68. The first-order chi connectivity index (χ1) is 12.1. The molecule has 1 N–H and O–H groups in total. The third kappa shape index (κ3) is 3.55. The fraction of sp³-hybridized carbons (Fsp3) is 0.312. The number of thioether (sulfide) groups is 1. The molecule has 0 fully saturated rings. The summed E-state index contributed by atoms with van der Waals surface area (Å²) < 4.78 is 10.0. The zero-order valence-corrected chi connectivity index (χ0v) is 14.7. The molecule has 1 amide bonds. The maximum atomic E-state index is 12.7. The lowest BCUT2D eigenvalue weighted by atomic mass is 10.2. The summed E-state index contributed by atoms with van der Waals surface area (Å²) in [7, 11) is 1.33. The molecule has 1 unspecified atom stereocenters. The number of methoxy groups -OCH3 is 1. The van der Waals surface area contributed by atoms with E-state index in [0.717, 1.165) is 11.4 Å². The second-order valence-electron chi connectivity index (χ2n) is 5.13. The van der Waals surface area contributed by atoms with Crippen molar-refractivity contribution in [2.45, 2.75) is 13.1 Å². The van der Waals surface area contributed by atoms with Crippen LogP contribution >= 0.6 is 11.8 Å². The fourth-order valence-electron chi connectivity index (χ4n) is 2.39. The number of hydrogen-bond acceptors (Lipinski definition) is 8. The van der Waals surface area contributed by atoms with Crippen LogP contribution in [0.25, 0.3) is 0 Å². The van der Waals surface area contributed by atoms with E-state index in [9.17, 15) is 9.59 Å². The van der Waals surface area contributed by atoms with Gasteiger partial charge >= 0.3 is 5.97 Å². The van der Waals surface area contributed by atoms with Gasteiger partial charge < -0.3 is 9.47 Å². The van der Waals surface area contributed by atoms with Gasteiger partial charge in [-0.25, -0.2) is 0 Å². The molecule has 0 saturated carbocycles. The number of carbonyl (C=O) groups is 2. The second-order valence-corrected chi connectivity index (χ2v) is 6.07. The van der Waals surface area contributed by atoms with Gasteiger partial charge in [0.1, 0.15) is 5.75 Å². The Hall–Kier alpha value is -2.68. The number of hydrogen-bond donors (Lipinski definition) is 1. The van der Waals surface area contributed by atoms with Gasteiger partial charge in [0.25, 0.3) is 5.91 Å². The highest BCUT2D eigenvalue weighted by molar-refractivity contribution is 8.14. The number of fused-ring (bicyclic) bond motifs is 1. The minimum Gasteiger partial charge on any atom is -0.494 e. The van der Waals surface area contributed by atoms with Crippen LogP contribution in [0.1, 0.15) is 6.92 Å². The zero-order valence-electron chi connectivity index (χ0n) is 13.8. The number of esters is 1. The Morgan fingerprint density at radius 3 is 2.76 bits per heavy atom. The zero-order chi connectivity index (χ0) is 17.8. The molecule has 0 bridgehead atoms. The molecule has 0 aromatic heterocycles. The quantitative estimate of drug-likeness (QED) is 0.791. The van der Waals surface area contributed by atoms with Gasteiger partial charge in [-0.05, 0) is 31.2 Å². The third-order valence-corrected chi connectivity index (χ3v) is 4.54. The molecule has 0 saturated heterocycles. The van der Waals surface area contributed by atoms with Crippen LogP contribution in [-0.4, -0.2) is 47.6 Å². The predicted molar refractivity (Wildman–Crippen MR) is 94.9 cm³/mol. The molecule has 2 aliphatic rings. The van der Waals surface area contributed by atoms with Crippen LogP contribution < -0.4 is 15.1 Å². The number of anilines is 1. The van der Waals surface area contributed by atoms with Crippen molar-refractivity contribution in [1.29, 1.82) is 0 Å². The lowest BCUT2D eigenvalue weighted by Crippen LogP contribution is -2.52. The molecule has 132 valence electrons. The highest BCUT2D eigenvalue weighted by atomic mass is 32.2. The number of nitrogens with one attached hydrogen (secondary N) is 1. The van der Waals surface area contributed by atoms with E-state index in [-0.39, 0.29) is 17.6 Å². The van der Waals surface area contributed by atoms with Crippen LogP contribution in [0.3, 0.4) is 0 Å². The number of rotatable bonds is 5. The van der Waals surface area contributed by atoms with Crippen molar-refractivity contribution < 1.29 is 19.1 Å². The Bertz CT molecular complexity index is 719. The van der Waals surface area contributed by atoms with Gasteiger partial charge in [0.2, 0.25) is 6.17 Å². The number of amides is 1. The molecule has 3 rings (SSSR count). The summed E-state index contributed by atoms with van der Waals surface area (Å²) in [6, 6.07) is 7.29. The van der Waals surface area contributed by atoms with Gasteiger partial charge in [-0.2, -0.15) is 5.10 Å². The molecular weight excluding hydrogens is 344 g/mol. The summed E-state index contributed by atoms with van der Waals surface area (Å²) in [5.74, 6) is 0.374. The van der Waals surface area contributed by atoms with Gasteiger partial charge in [-0.3, -0.25) is 24.8 Å². The normalized spacial score (nSPS) is 18.6. The van der Waals surface area contributed by atoms with E-state index in [1.165, 1.54) is 18.9 Å². The van der Waals surface area contributed by atoms with Gasteiger partial charge in [-0.1, -0.05) is 11.8 Å². The second kappa shape index (κ2) is 7.47. The molecule has 0 radical (unpaired) electrons. The Morgan fingerprint density at radius 2 is 2.08 bits per heavy atom. The molecule has 8 nitrogen and oxygen atoms in total. The first kappa shape index (κ1) is 17.2. The van der Waals surface area contributed by atoms with E-state index in [1.54, 1.807) is 22.2 Å². The van der Waals surface area contributed by atoms with Crippen molar-refractivity contribution in [3.05, 3.63) is 36.7 Å². The molecule has 25 heavy (non-hydrogen) atoms.